The number of nitrogens with zero attached hydrogens (tertiary/aromatic N) is 4. The number of benzene rings is 1. The standard InChI is InChI=1S/C31H46FN5O5S/c1-31(2,3)42-30(39)37-14-12-36(13-15-37)11-10-35-8-4-22(5-9-35)20-41-23-18-25(32)28-26(19-23)33-27(34-29(28)38)21-43-24-6-16-40-17-7-24/h18-19,22,24H,4-17,20-21H2,1-3H3,(H,33,34,38)/i12D2,13D2,14D2,15D2. The number of aromatic nitrogens is 2. The quantitative estimate of drug-likeness (QED) is 0.440. The minimum Gasteiger partial charge on any atom is -0.493 e. The highest BCUT2D eigenvalue weighted by molar-refractivity contribution is 7.99. The lowest BCUT2D eigenvalue weighted by atomic mass is 9.98. The maximum absolute atomic E-state index is 15.0. The minimum atomic E-state index is -3.29. The molecular weight excluding hydrogens is 573 g/mol. The molecule has 5 rings (SSSR count). The molecule has 3 saturated heterocycles. The van der Waals surface area contributed by atoms with E-state index in [1.54, 1.807) is 17.8 Å². The fourth-order valence-corrected chi connectivity index (χ4v) is 6.11. The summed E-state index contributed by atoms with van der Waals surface area (Å²) in [5, 5.41) is 0.278. The number of fused-ring (bicyclic) bond motifs is 1. The molecule has 12 heteroatoms. The Hall–Kier alpha value is -2.41. The van der Waals surface area contributed by atoms with Crippen molar-refractivity contribution >= 4 is 28.8 Å². The number of likely N-dealkylation sites (tertiary alicyclic amines) is 1. The molecule has 43 heavy (non-hydrogen) atoms. The van der Waals surface area contributed by atoms with E-state index in [0.29, 0.717) is 60.9 Å². The van der Waals surface area contributed by atoms with Gasteiger partial charge < -0.3 is 29.0 Å². The van der Waals surface area contributed by atoms with Crippen molar-refractivity contribution in [3.63, 3.8) is 0 Å². The number of thioether (sulfide) groups is 1. The van der Waals surface area contributed by atoms with Crippen molar-refractivity contribution in [2.75, 3.05) is 72.0 Å². The van der Waals surface area contributed by atoms with E-state index in [4.69, 9.17) is 25.2 Å². The van der Waals surface area contributed by atoms with E-state index in [2.05, 4.69) is 9.97 Å². The van der Waals surface area contributed by atoms with Gasteiger partial charge in [0.25, 0.3) is 5.56 Å². The number of amides is 1. The number of nitrogens with one attached hydrogen (secondary N) is 1. The van der Waals surface area contributed by atoms with Crippen molar-refractivity contribution < 1.29 is 34.4 Å². The van der Waals surface area contributed by atoms with Crippen molar-refractivity contribution in [2.45, 2.75) is 63.1 Å². The molecule has 0 aliphatic carbocycles. The lowest BCUT2D eigenvalue weighted by Crippen LogP contribution is -2.51. The minimum absolute atomic E-state index is 0.0806. The van der Waals surface area contributed by atoms with Crippen LogP contribution in [0.4, 0.5) is 9.18 Å². The van der Waals surface area contributed by atoms with Crippen molar-refractivity contribution in [2.24, 2.45) is 5.92 Å². The molecule has 0 unspecified atom stereocenters. The molecule has 2 aromatic rings. The Kier molecular flexibility index (Phi) is 7.80. The number of carbonyl (C=O) groups is 1. The van der Waals surface area contributed by atoms with E-state index in [1.807, 2.05) is 4.90 Å². The molecule has 238 valence electrons. The van der Waals surface area contributed by atoms with Crippen LogP contribution in [0, 0.1) is 11.7 Å². The van der Waals surface area contributed by atoms with Gasteiger partial charge in [-0.15, -0.1) is 0 Å². The fraction of sp³-hybridized carbons (Fsp3) is 0.710. The summed E-state index contributed by atoms with van der Waals surface area (Å²) in [6.45, 7) is -5.88. The van der Waals surface area contributed by atoms with Crippen molar-refractivity contribution in [3.8, 4) is 5.75 Å². The molecule has 1 amide bonds. The lowest BCUT2D eigenvalue weighted by molar-refractivity contribution is 0.0134. The van der Waals surface area contributed by atoms with E-state index in [0.717, 1.165) is 12.8 Å². The third-order valence-electron chi connectivity index (χ3n) is 7.41. The molecule has 1 N–H and O–H groups in total. The molecule has 0 radical (unpaired) electrons. The molecular formula is C31H46FN5O5S. The second kappa shape index (κ2) is 14.6. The second-order valence-electron chi connectivity index (χ2n) is 11.9. The Morgan fingerprint density at radius 2 is 1.81 bits per heavy atom. The predicted molar refractivity (Wildman–Crippen MR) is 166 cm³/mol. The van der Waals surface area contributed by atoms with Gasteiger partial charge in [-0.25, -0.2) is 14.2 Å². The molecule has 3 fully saturated rings. The van der Waals surface area contributed by atoms with Gasteiger partial charge in [-0.05, 0) is 65.5 Å². The van der Waals surface area contributed by atoms with Gasteiger partial charge in [-0.1, -0.05) is 0 Å². The molecule has 3 aliphatic heterocycles. The number of piperazine rings is 1. The van der Waals surface area contributed by atoms with Crippen LogP contribution in [-0.4, -0.2) is 114 Å². The Balaban J connectivity index is 1.17. The Labute approximate surface area is 268 Å². The van der Waals surface area contributed by atoms with Crippen LogP contribution in [-0.2, 0) is 15.2 Å². The van der Waals surface area contributed by atoms with Crippen LogP contribution in [0.2, 0.25) is 0 Å². The highest BCUT2D eigenvalue weighted by Crippen LogP contribution is 2.27. The molecule has 1 aromatic heterocycles. The summed E-state index contributed by atoms with van der Waals surface area (Å²) in [7, 11) is 0. The number of carbonyl (C=O) groups excluding carboxylic acids is 1. The van der Waals surface area contributed by atoms with Crippen LogP contribution in [0.5, 0.6) is 5.75 Å². The highest BCUT2D eigenvalue weighted by Gasteiger charge is 2.27. The summed E-state index contributed by atoms with van der Waals surface area (Å²) in [5.74, 6) is 0.555. The Morgan fingerprint density at radius 1 is 1.12 bits per heavy atom. The first kappa shape index (κ1) is 23.0. The number of ether oxygens (including phenoxy) is 3. The molecule has 10 nitrogen and oxygen atoms in total. The zero-order chi connectivity index (χ0) is 37.6. The van der Waals surface area contributed by atoms with E-state index in [1.165, 1.54) is 26.8 Å². The van der Waals surface area contributed by atoms with Crippen LogP contribution >= 0.6 is 11.8 Å². The van der Waals surface area contributed by atoms with Crippen LogP contribution in [0.15, 0.2) is 16.9 Å². The van der Waals surface area contributed by atoms with E-state index in [9.17, 15) is 9.59 Å². The number of rotatable bonds is 9. The van der Waals surface area contributed by atoms with Gasteiger partial charge in [0.15, 0.2) is 0 Å². The van der Waals surface area contributed by atoms with Crippen LogP contribution in [0.1, 0.15) is 63.2 Å². The summed E-state index contributed by atoms with van der Waals surface area (Å²) in [5.41, 5.74) is -1.49. The number of H-pyrrole nitrogens is 1. The molecule has 3 aliphatic rings. The summed E-state index contributed by atoms with van der Waals surface area (Å²) < 4.78 is 99.8. The SMILES string of the molecule is [2H]C1([2H])N(CCN2CCC(COc3cc(F)c4c(=O)[nH]c(CSC5CCOCC5)nc4c3)CC2)C([2H])([2H])C([2H])([2H])N(C(=O)OC(C)(C)C)C1([2H])[2H]. The van der Waals surface area contributed by atoms with Crippen molar-refractivity contribution in [3.05, 3.63) is 34.1 Å². The van der Waals surface area contributed by atoms with Gasteiger partial charge in [0.1, 0.15) is 28.4 Å². The van der Waals surface area contributed by atoms with Gasteiger partial charge in [0.05, 0.1) is 23.4 Å². The van der Waals surface area contributed by atoms with Gasteiger partial charge in [-0.3, -0.25) is 9.69 Å². The average Bonchev–Trinajstić information content (AvgIpc) is 3.01. The second-order valence-corrected chi connectivity index (χ2v) is 13.2. The third kappa shape index (κ3) is 9.29. The van der Waals surface area contributed by atoms with Crippen LogP contribution in [0.25, 0.3) is 10.9 Å². The number of hydrogen-bond acceptors (Lipinski definition) is 9. The molecule has 0 spiro atoms. The van der Waals surface area contributed by atoms with E-state index < -0.39 is 49.1 Å². The number of aromatic amines is 1. The Morgan fingerprint density at radius 3 is 2.51 bits per heavy atom. The topological polar surface area (TPSA) is 100 Å². The zero-order valence-corrected chi connectivity index (χ0v) is 25.7. The van der Waals surface area contributed by atoms with Crippen molar-refractivity contribution in [1.82, 2.24) is 24.7 Å². The number of halogens is 1. The first-order valence-electron chi connectivity index (χ1n) is 18.7. The first-order valence-corrected chi connectivity index (χ1v) is 15.8. The lowest BCUT2D eigenvalue weighted by Gasteiger charge is -2.37. The first-order chi connectivity index (χ1) is 23.6. The van der Waals surface area contributed by atoms with Gasteiger partial charge in [0.2, 0.25) is 0 Å². The normalized spacial score (nSPS) is 27.5. The van der Waals surface area contributed by atoms with Crippen LogP contribution < -0.4 is 10.3 Å². The zero-order valence-electron chi connectivity index (χ0n) is 32.9. The maximum Gasteiger partial charge on any atom is 0.410 e. The van der Waals surface area contributed by atoms with E-state index >= 15 is 4.39 Å². The molecule has 4 heterocycles. The maximum atomic E-state index is 15.0. The van der Waals surface area contributed by atoms with E-state index in [-0.39, 0.29) is 47.2 Å². The number of piperidine rings is 1. The summed E-state index contributed by atoms with van der Waals surface area (Å²) >= 11 is 1.69. The molecule has 0 saturated carbocycles. The summed E-state index contributed by atoms with van der Waals surface area (Å²) in [6.07, 6.45) is 1.64. The van der Waals surface area contributed by atoms with Gasteiger partial charge in [-0.2, -0.15) is 11.8 Å². The molecule has 1 aromatic carbocycles. The monoisotopic (exact) mass is 627 g/mol. The van der Waals surface area contributed by atoms with Gasteiger partial charge >= 0.3 is 6.09 Å². The average molecular weight is 628 g/mol. The molecule has 0 bridgehead atoms. The van der Waals surface area contributed by atoms with Gasteiger partial charge in [0, 0.05) is 75.2 Å². The molecule has 0 atom stereocenters. The smallest absolute Gasteiger partial charge is 0.410 e. The number of hydrogen-bond donors (Lipinski definition) is 1. The summed E-state index contributed by atoms with van der Waals surface area (Å²) in [4.78, 5) is 35.1. The Bertz CT molecular complexity index is 1610. The van der Waals surface area contributed by atoms with Crippen LogP contribution in [0.3, 0.4) is 0 Å². The van der Waals surface area contributed by atoms with Crippen molar-refractivity contribution in [1.29, 1.82) is 0 Å². The summed E-state index contributed by atoms with van der Waals surface area (Å²) in [6, 6.07) is 2.74. The fourth-order valence-electron chi connectivity index (χ4n) is 5.06. The third-order valence-corrected chi connectivity index (χ3v) is 8.79. The largest absolute Gasteiger partial charge is 0.493 e. The predicted octanol–water partition coefficient (Wildman–Crippen LogP) is 4.12. The highest BCUT2D eigenvalue weighted by atomic mass is 32.2.